The first-order chi connectivity index (χ1) is 7.13. The lowest BCUT2D eigenvalue weighted by Gasteiger charge is -2.01. The molecule has 0 saturated heterocycles. The van der Waals surface area contributed by atoms with Crippen LogP contribution in [0.2, 0.25) is 0 Å². The number of nitrogens with one attached hydrogen (secondary N) is 1. The largest absolute Gasteiger partial charge is 0.481 e. The Kier molecular flexibility index (Phi) is 8.52. The quantitative estimate of drug-likeness (QED) is 0.516. The van der Waals surface area contributed by atoms with Crippen molar-refractivity contribution in [2.24, 2.45) is 0 Å². The third kappa shape index (κ3) is 12.7. The Morgan fingerprint density at radius 1 is 0.867 bits per heavy atom. The molecule has 0 radical (unpaired) electrons. The number of carboxylic acids is 1. The number of amides is 1. The number of carboxylic acid groups (broad SMARTS) is 2. The lowest BCUT2D eigenvalue weighted by atomic mass is 10.1. The summed E-state index contributed by atoms with van der Waals surface area (Å²) in [4.78, 5) is 20.2. The van der Waals surface area contributed by atoms with E-state index >= 15 is 0 Å². The fraction of sp³-hybridized carbons (Fsp3) is 0.800. The van der Waals surface area contributed by atoms with Gasteiger partial charge in [0.2, 0.25) is 0 Å². The molecule has 0 aliphatic carbocycles. The normalized spacial score (nSPS) is 9.87. The molecule has 0 spiro atoms. The molecule has 0 atom stereocenters. The van der Waals surface area contributed by atoms with E-state index in [1.54, 1.807) is 0 Å². The smallest absolute Gasteiger partial charge is 0.404 e. The first-order valence-corrected chi connectivity index (χ1v) is 5.31. The lowest BCUT2D eigenvalue weighted by Crippen LogP contribution is -2.21. The van der Waals surface area contributed by atoms with Crippen LogP contribution in [0.5, 0.6) is 0 Å². The van der Waals surface area contributed by atoms with Gasteiger partial charge in [-0.05, 0) is 12.8 Å². The summed E-state index contributed by atoms with van der Waals surface area (Å²) in [5.74, 6) is -0.736. The van der Waals surface area contributed by atoms with Crippen molar-refractivity contribution in [3.05, 3.63) is 0 Å². The van der Waals surface area contributed by atoms with Crippen LogP contribution in [0, 0.1) is 0 Å². The Hall–Kier alpha value is -1.26. The van der Waals surface area contributed by atoms with Crippen molar-refractivity contribution in [3.63, 3.8) is 0 Å². The molecule has 88 valence electrons. The average molecular weight is 217 g/mol. The second kappa shape index (κ2) is 9.30. The fourth-order valence-corrected chi connectivity index (χ4v) is 1.30. The van der Waals surface area contributed by atoms with Gasteiger partial charge in [0.25, 0.3) is 0 Å². The Bertz CT molecular complexity index is 174. The van der Waals surface area contributed by atoms with Gasteiger partial charge in [-0.1, -0.05) is 25.7 Å². The summed E-state index contributed by atoms with van der Waals surface area (Å²) >= 11 is 0. The number of rotatable bonds is 9. The predicted molar refractivity (Wildman–Crippen MR) is 56.0 cm³/mol. The van der Waals surface area contributed by atoms with E-state index in [2.05, 4.69) is 5.32 Å². The third-order valence-electron chi connectivity index (χ3n) is 2.09. The van der Waals surface area contributed by atoms with Crippen molar-refractivity contribution in [2.75, 3.05) is 6.54 Å². The fourth-order valence-electron chi connectivity index (χ4n) is 1.30. The highest BCUT2D eigenvalue weighted by Crippen LogP contribution is 2.06. The highest BCUT2D eigenvalue weighted by atomic mass is 16.4. The molecule has 0 aliphatic heterocycles. The molecule has 0 bridgehead atoms. The molecule has 0 aliphatic rings. The molecule has 0 rings (SSSR count). The molecule has 5 nitrogen and oxygen atoms in total. The van der Waals surface area contributed by atoms with Gasteiger partial charge in [0.1, 0.15) is 0 Å². The summed E-state index contributed by atoms with van der Waals surface area (Å²) in [6.07, 6.45) is 4.87. The molecule has 5 heteroatoms. The molecule has 15 heavy (non-hydrogen) atoms. The molecule has 0 aromatic rings. The van der Waals surface area contributed by atoms with Crippen LogP contribution in [-0.2, 0) is 4.79 Å². The molecule has 0 aromatic carbocycles. The van der Waals surface area contributed by atoms with E-state index in [9.17, 15) is 9.59 Å². The van der Waals surface area contributed by atoms with Gasteiger partial charge in [0.05, 0.1) is 0 Å². The summed E-state index contributed by atoms with van der Waals surface area (Å²) in [7, 11) is 0. The molecule has 1 amide bonds. The van der Waals surface area contributed by atoms with Crippen molar-refractivity contribution < 1.29 is 19.8 Å². The van der Waals surface area contributed by atoms with Crippen molar-refractivity contribution >= 4 is 12.1 Å². The first kappa shape index (κ1) is 13.7. The minimum atomic E-state index is -0.976. The number of hydrogen-bond donors (Lipinski definition) is 3. The maximum atomic E-state index is 10.2. The van der Waals surface area contributed by atoms with Crippen LogP contribution in [0.25, 0.3) is 0 Å². The minimum absolute atomic E-state index is 0.251. The van der Waals surface area contributed by atoms with E-state index in [1.165, 1.54) is 0 Å². The zero-order valence-corrected chi connectivity index (χ0v) is 8.87. The van der Waals surface area contributed by atoms with Crippen LogP contribution >= 0.6 is 0 Å². The van der Waals surface area contributed by atoms with Crippen LogP contribution < -0.4 is 5.32 Å². The Morgan fingerprint density at radius 2 is 1.40 bits per heavy atom. The van der Waals surface area contributed by atoms with Gasteiger partial charge in [-0.15, -0.1) is 0 Å². The highest BCUT2D eigenvalue weighted by Gasteiger charge is 1.97. The summed E-state index contributed by atoms with van der Waals surface area (Å²) in [5.41, 5.74) is 0. The number of carbonyl (C=O) groups is 2. The lowest BCUT2D eigenvalue weighted by molar-refractivity contribution is -0.137. The van der Waals surface area contributed by atoms with Gasteiger partial charge in [0.15, 0.2) is 0 Å². The monoisotopic (exact) mass is 217 g/mol. The van der Waals surface area contributed by atoms with Crippen molar-refractivity contribution in [3.8, 4) is 0 Å². The first-order valence-electron chi connectivity index (χ1n) is 5.31. The maximum absolute atomic E-state index is 10.2. The highest BCUT2D eigenvalue weighted by molar-refractivity contribution is 5.66. The second-order valence-corrected chi connectivity index (χ2v) is 3.50. The Balaban J connectivity index is 2.99. The SMILES string of the molecule is O=C(O)CCCCCCCCNC(=O)O. The van der Waals surface area contributed by atoms with Gasteiger partial charge >= 0.3 is 12.1 Å². The van der Waals surface area contributed by atoms with Gasteiger partial charge in [-0.25, -0.2) is 4.79 Å². The molecule has 0 saturated carbocycles. The molecule has 0 unspecified atom stereocenters. The molecule has 0 heterocycles. The molecule has 0 fully saturated rings. The summed E-state index contributed by atoms with van der Waals surface area (Å²) in [5, 5.41) is 18.9. The number of unbranched alkanes of at least 4 members (excludes halogenated alkanes) is 5. The zero-order valence-electron chi connectivity index (χ0n) is 8.87. The maximum Gasteiger partial charge on any atom is 0.404 e. The van der Waals surface area contributed by atoms with Crippen molar-refractivity contribution in [1.29, 1.82) is 0 Å². The molecular formula is C10H19NO4. The van der Waals surface area contributed by atoms with Crippen LogP contribution in [0.15, 0.2) is 0 Å². The van der Waals surface area contributed by atoms with Gasteiger partial charge in [0, 0.05) is 13.0 Å². The second-order valence-electron chi connectivity index (χ2n) is 3.50. The molecule has 0 aromatic heterocycles. The van der Waals surface area contributed by atoms with Crippen molar-refractivity contribution in [1.82, 2.24) is 5.32 Å². The van der Waals surface area contributed by atoms with Crippen LogP contribution in [0.1, 0.15) is 44.9 Å². The van der Waals surface area contributed by atoms with Gasteiger partial charge in [-0.3, -0.25) is 4.79 Å². The molecular weight excluding hydrogens is 198 g/mol. The number of aliphatic carboxylic acids is 1. The topological polar surface area (TPSA) is 86.6 Å². The van der Waals surface area contributed by atoms with Gasteiger partial charge < -0.3 is 15.5 Å². The van der Waals surface area contributed by atoms with Crippen LogP contribution in [0.3, 0.4) is 0 Å². The predicted octanol–water partition coefficient (Wildman–Crippen LogP) is 2.07. The summed E-state index contributed by atoms with van der Waals surface area (Å²) in [6, 6.07) is 0. The average Bonchev–Trinajstić information content (AvgIpc) is 2.14. The summed E-state index contributed by atoms with van der Waals surface area (Å²) < 4.78 is 0. The van der Waals surface area contributed by atoms with Crippen molar-refractivity contribution in [2.45, 2.75) is 44.9 Å². The Labute approximate surface area is 89.5 Å². The standard InChI is InChI=1S/C10H19NO4/c12-9(13)7-5-3-1-2-4-6-8-11-10(14)15/h11H,1-8H2,(H,12,13)(H,14,15). The van der Waals surface area contributed by atoms with E-state index in [0.29, 0.717) is 6.54 Å². The molecule has 3 N–H and O–H groups in total. The van der Waals surface area contributed by atoms with E-state index in [1.807, 2.05) is 0 Å². The summed E-state index contributed by atoms with van der Waals surface area (Å²) in [6.45, 7) is 0.504. The van der Waals surface area contributed by atoms with Crippen LogP contribution in [-0.4, -0.2) is 28.8 Å². The van der Waals surface area contributed by atoms with E-state index < -0.39 is 12.1 Å². The van der Waals surface area contributed by atoms with Gasteiger partial charge in [-0.2, -0.15) is 0 Å². The van der Waals surface area contributed by atoms with Crippen LogP contribution in [0.4, 0.5) is 4.79 Å². The Morgan fingerprint density at radius 3 is 1.93 bits per heavy atom. The number of hydrogen-bond acceptors (Lipinski definition) is 2. The zero-order chi connectivity index (χ0) is 11.5. The van der Waals surface area contributed by atoms with E-state index in [4.69, 9.17) is 10.2 Å². The van der Waals surface area contributed by atoms with E-state index in [-0.39, 0.29) is 6.42 Å². The van der Waals surface area contributed by atoms with E-state index in [0.717, 1.165) is 38.5 Å². The third-order valence-corrected chi connectivity index (χ3v) is 2.09. The minimum Gasteiger partial charge on any atom is -0.481 e.